The molecule has 140 valence electrons. The topological polar surface area (TPSA) is 83.6 Å². The van der Waals surface area contributed by atoms with E-state index < -0.39 is 0 Å². The Morgan fingerprint density at radius 3 is 2.04 bits per heavy atom. The van der Waals surface area contributed by atoms with Gasteiger partial charge < -0.3 is 15.7 Å². The molecule has 1 aromatic carbocycles. The van der Waals surface area contributed by atoms with Crippen molar-refractivity contribution in [1.29, 1.82) is 0 Å². The number of carbonyl (C=O) groups excluding carboxylic acids is 2. The zero-order valence-corrected chi connectivity index (χ0v) is 16.3. The molecule has 1 aliphatic rings. The highest BCUT2D eigenvalue weighted by atomic mass is 16.3. The van der Waals surface area contributed by atoms with Crippen molar-refractivity contribution in [3.05, 3.63) is 51.2 Å². The summed E-state index contributed by atoms with van der Waals surface area (Å²) in [7, 11) is 0. The highest BCUT2D eigenvalue weighted by Crippen LogP contribution is 2.31. The van der Waals surface area contributed by atoms with Crippen molar-refractivity contribution < 1.29 is 14.7 Å². The van der Waals surface area contributed by atoms with Gasteiger partial charge in [0.25, 0.3) is 0 Å². The fraction of sp³-hybridized carbons (Fsp3) is 0.429. The minimum atomic E-state index is -0.186. The predicted octanol–water partition coefficient (Wildman–Crippen LogP) is 2.32. The summed E-state index contributed by atoms with van der Waals surface area (Å²) in [4.78, 5) is 26.9. The lowest BCUT2D eigenvalue weighted by Gasteiger charge is -2.26. The van der Waals surface area contributed by atoms with Gasteiger partial charge in [-0.2, -0.15) is 0 Å². The zero-order valence-electron chi connectivity index (χ0n) is 16.3. The summed E-state index contributed by atoms with van der Waals surface area (Å²) in [5.74, 6) is -0.337. The minimum Gasteiger partial charge on any atom is -0.398 e. The molecule has 0 unspecified atom stereocenters. The summed E-state index contributed by atoms with van der Waals surface area (Å²) >= 11 is 0. The quantitative estimate of drug-likeness (QED) is 0.604. The van der Waals surface area contributed by atoms with Crippen molar-refractivity contribution in [2.24, 2.45) is 0 Å². The van der Waals surface area contributed by atoms with Gasteiger partial charge in [-0.05, 0) is 68.5 Å². The molecule has 0 bridgehead atoms. The fourth-order valence-electron chi connectivity index (χ4n) is 3.42. The first-order valence-corrected chi connectivity index (χ1v) is 8.94. The van der Waals surface area contributed by atoms with Crippen LogP contribution in [0.3, 0.4) is 0 Å². The SMILES string of the molecule is CCN(CCO)C1=CC(=O)C(Cc2c(C)c(C)c(N)c(C)c2C)=CC1=O. The van der Waals surface area contributed by atoms with Gasteiger partial charge in [-0.1, -0.05) is 0 Å². The number of hydrogen-bond donors (Lipinski definition) is 2. The second kappa shape index (κ2) is 7.87. The predicted molar refractivity (Wildman–Crippen MR) is 104 cm³/mol. The smallest absolute Gasteiger partial charge is 0.202 e. The molecule has 0 radical (unpaired) electrons. The average molecular weight is 356 g/mol. The van der Waals surface area contributed by atoms with E-state index in [4.69, 9.17) is 10.8 Å². The lowest BCUT2D eigenvalue weighted by atomic mass is 9.86. The Hall–Kier alpha value is -2.40. The first kappa shape index (κ1) is 19.9. The fourth-order valence-corrected chi connectivity index (χ4v) is 3.42. The van der Waals surface area contributed by atoms with Crippen LogP contribution in [-0.4, -0.2) is 41.3 Å². The van der Waals surface area contributed by atoms with Crippen molar-refractivity contribution in [2.75, 3.05) is 25.4 Å². The number of carbonyl (C=O) groups is 2. The normalized spacial score (nSPS) is 14.4. The van der Waals surface area contributed by atoms with E-state index in [0.717, 1.165) is 33.5 Å². The molecule has 5 nitrogen and oxygen atoms in total. The lowest BCUT2D eigenvalue weighted by Crippen LogP contribution is -2.32. The monoisotopic (exact) mass is 356 g/mol. The van der Waals surface area contributed by atoms with Gasteiger partial charge in [0.2, 0.25) is 5.78 Å². The highest BCUT2D eigenvalue weighted by Gasteiger charge is 2.25. The van der Waals surface area contributed by atoms with Crippen LogP contribution in [0.15, 0.2) is 23.4 Å². The molecule has 5 heteroatoms. The molecule has 2 rings (SSSR count). The maximum absolute atomic E-state index is 12.6. The summed E-state index contributed by atoms with van der Waals surface area (Å²) < 4.78 is 0. The number of aliphatic hydroxyl groups is 1. The van der Waals surface area contributed by atoms with E-state index in [0.29, 0.717) is 30.8 Å². The number of nitrogen functional groups attached to an aromatic ring is 1. The largest absolute Gasteiger partial charge is 0.398 e. The number of nitrogens with two attached hydrogens (primary N) is 1. The molecule has 0 atom stereocenters. The Morgan fingerprint density at radius 2 is 1.54 bits per heavy atom. The van der Waals surface area contributed by atoms with E-state index in [1.165, 1.54) is 12.2 Å². The number of rotatable bonds is 6. The van der Waals surface area contributed by atoms with Crippen molar-refractivity contribution in [1.82, 2.24) is 4.90 Å². The third-order valence-electron chi connectivity index (χ3n) is 5.44. The molecule has 0 fully saturated rings. The van der Waals surface area contributed by atoms with Crippen molar-refractivity contribution in [3.63, 3.8) is 0 Å². The highest BCUT2D eigenvalue weighted by molar-refractivity contribution is 6.19. The second-order valence-corrected chi connectivity index (χ2v) is 6.80. The van der Waals surface area contributed by atoms with Crippen LogP contribution in [0, 0.1) is 27.7 Å². The molecule has 0 aliphatic heterocycles. The summed E-state index contributed by atoms with van der Waals surface area (Å²) in [6, 6.07) is 0. The van der Waals surface area contributed by atoms with Gasteiger partial charge in [0.05, 0.1) is 12.3 Å². The average Bonchev–Trinajstić information content (AvgIpc) is 2.62. The molecule has 26 heavy (non-hydrogen) atoms. The molecule has 0 saturated carbocycles. The molecule has 0 heterocycles. The van der Waals surface area contributed by atoms with Crippen molar-refractivity contribution >= 4 is 17.3 Å². The molecule has 1 aromatic rings. The number of anilines is 1. The van der Waals surface area contributed by atoms with Gasteiger partial charge in [0.1, 0.15) is 0 Å². The van der Waals surface area contributed by atoms with Crippen molar-refractivity contribution in [2.45, 2.75) is 41.0 Å². The maximum atomic E-state index is 12.6. The van der Waals surface area contributed by atoms with Crippen LogP contribution in [-0.2, 0) is 16.0 Å². The standard InChI is InChI=1S/C21H28N2O3/c1-6-23(7-8-24)18-11-19(25)16(10-20(18)26)9-17-12(2)14(4)21(22)15(5)13(17)3/h10-11,24H,6-9,22H2,1-5H3. The van der Waals surface area contributed by atoms with E-state index in [-0.39, 0.29) is 18.2 Å². The minimum absolute atomic E-state index is 0.0639. The van der Waals surface area contributed by atoms with Gasteiger partial charge in [0.15, 0.2) is 5.78 Å². The third-order valence-corrected chi connectivity index (χ3v) is 5.44. The van der Waals surface area contributed by atoms with Crippen LogP contribution in [0.5, 0.6) is 0 Å². The second-order valence-electron chi connectivity index (χ2n) is 6.80. The molecular weight excluding hydrogens is 328 g/mol. The van der Waals surface area contributed by atoms with E-state index in [1.807, 2.05) is 34.6 Å². The molecular formula is C21H28N2O3. The lowest BCUT2D eigenvalue weighted by molar-refractivity contribution is -0.116. The van der Waals surface area contributed by atoms with Crippen LogP contribution < -0.4 is 5.73 Å². The van der Waals surface area contributed by atoms with E-state index in [2.05, 4.69) is 0 Å². The number of benzene rings is 1. The molecule has 0 aromatic heterocycles. The number of hydrogen-bond acceptors (Lipinski definition) is 5. The molecule has 0 spiro atoms. The van der Waals surface area contributed by atoms with Crippen LogP contribution in [0.25, 0.3) is 0 Å². The maximum Gasteiger partial charge on any atom is 0.202 e. The number of likely N-dealkylation sites (N-methyl/N-ethyl adjacent to an activating group) is 1. The summed E-state index contributed by atoms with van der Waals surface area (Å²) in [6.07, 6.45) is 3.26. The first-order valence-electron chi connectivity index (χ1n) is 8.94. The Balaban J connectivity index is 2.37. The van der Waals surface area contributed by atoms with E-state index >= 15 is 0 Å². The zero-order chi connectivity index (χ0) is 19.6. The summed E-state index contributed by atoms with van der Waals surface area (Å²) in [6.45, 7) is 10.7. The van der Waals surface area contributed by atoms with Gasteiger partial charge in [-0.15, -0.1) is 0 Å². The summed E-state index contributed by atoms with van der Waals surface area (Å²) in [5.41, 5.74) is 13.0. The Labute approximate surface area is 155 Å². The number of nitrogens with zero attached hydrogens (tertiary/aromatic N) is 1. The first-order chi connectivity index (χ1) is 12.2. The molecule has 1 aliphatic carbocycles. The Bertz CT molecular complexity index is 790. The van der Waals surface area contributed by atoms with Crippen LogP contribution in [0.4, 0.5) is 5.69 Å². The van der Waals surface area contributed by atoms with Gasteiger partial charge in [-0.3, -0.25) is 9.59 Å². The Morgan fingerprint density at radius 1 is 0.962 bits per heavy atom. The number of ketones is 2. The van der Waals surface area contributed by atoms with Crippen LogP contribution in [0.2, 0.25) is 0 Å². The number of allylic oxidation sites excluding steroid dienone is 3. The molecule has 0 amide bonds. The number of aliphatic hydroxyl groups excluding tert-OH is 1. The third kappa shape index (κ3) is 3.58. The van der Waals surface area contributed by atoms with E-state index in [9.17, 15) is 9.59 Å². The van der Waals surface area contributed by atoms with Crippen LogP contribution in [0.1, 0.15) is 34.7 Å². The van der Waals surface area contributed by atoms with E-state index in [1.54, 1.807) is 4.90 Å². The van der Waals surface area contributed by atoms with Crippen LogP contribution >= 0.6 is 0 Å². The summed E-state index contributed by atoms with van der Waals surface area (Å²) in [5, 5.41) is 9.14. The molecule has 0 saturated heterocycles. The Kier molecular flexibility index (Phi) is 6.03. The van der Waals surface area contributed by atoms with Gasteiger partial charge in [0, 0.05) is 36.8 Å². The molecule has 3 N–H and O–H groups in total. The van der Waals surface area contributed by atoms with Gasteiger partial charge >= 0.3 is 0 Å². The van der Waals surface area contributed by atoms with Crippen molar-refractivity contribution in [3.8, 4) is 0 Å². The van der Waals surface area contributed by atoms with Gasteiger partial charge in [-0.25, -0.2) is 0 Å².